The topological polar surface area (TPSA) is 63.6 Å². The highest BCUT2D eigenvalue weighted by molar-refractivity contribution is 9.10. The average Bonchev–Trinajstić information content (AvgIpc) is 2.89. The molecule has 176 valence electrons. The third-order valence-corrected chi connectivity index (χ3v) is 7.34. The Labute approximate surface area is 221 Å². The van der Waals surface area contributed by atoms with Crippen LogP contribution in [0.3, 0.4) is 0 Å². The summed E-state index contributed by atoms with van der Waals surface area (Å²) in [6, 6.07) is 25.5. The van der Waals surface area contributed by atoms with Crippen molar-refractivity contribution in [1.29, 1.82) is 0 Å². The number of aromatic nitrogens is 4. The highest BCUT2D eigenvalue weighted by atomic mass is 79.9. The van der Waals surface area contributed by atoms with Crippen LogP contribution < -0.4 is 5.56 Å². The second-order valence-corrected chi connectivity index (χ2v) is 10.2. The predicted molar refractivity (Wildman–Crippen MR) is 150 cm³/mol. The van der Waals surface area contributed by atoms with Crippen LogP contribution in [0.5, 0.6) is 0 Å². The SMILES string of the molecule is Cc1[nH]c(=S)nc2c1C(c1nc3ccccc3c(=O)n1-c1ccc(Br)cc1)CC(c1ccccc1)=C2. The van der Waals surface area contributed by atoms with E-state index in [1.807, 2.05) is 73.7 Å². The minimum Gasteiger partial charge on any atom is -0.334 e. The molecule has 1 aliphatic rings. The van der Waals surface area contributed by atoms with Crippen LogP contribution in [-0.4, -0.2) is 19.5 Å². The van der Waals surface area contributed by atoms with Gasteiger partial charge in [0.15, 0.2) is 4.77 Å². The van der Waals surface area contributed by atoms with E-state index in [2.05, 4.69) is 44.1 Å². The number of fused-ring (bicyclic) bond motifs is 2. The van der Waals surface area contributed by atoms with E-state index in [0.717, 1.165) is 38.2 Å². The van der Waals surface area contributed by atoms with Crippen molar-refractivity contribution >= 4 is 50.7 Å². The average molecular weight is 553 g/mol. The Kier molecular flexibility index (Phi) is 5.74. The lowest BCUT2D eigenvalue weighted by atomic mass is 9.81. The molecule has 5 aromatic rings. The fourth-order valence-corrected chi connectivity index (χ4v) is 5.53. The molecule has 5 nitrogen and oxygen atoms in total. The minimum atomic E-state index is -0.208. The predicted octanol–water partition coefficient (Wildman–Crippen LogP) is 6.99. The molecule has 0 radical (unpaired) electrons. The molecule has 1 aliphatic carbocycles. The van der Waals surface area contributed by atoms with Crippen LogP contribution in [0.1, 0.15) is 40.7 Å². The number of hydrogen-bond acceptors (Lipinski definition) is 4. The number of halogens is 1. The van der Waals surface area contributed by atoms with Crippen LogP contribution in [0.25, 0.3) is 28.2 Å². The summed E-state index contributed by atoms with van der Waals surface area (Å²) in [6.07, 6.45) is 2.78. The molecule has 6 rings (SSSR count). The van der Waals surface area contributed by atoms with E-state index in [-0.39, 0.29) is 11.5 Å². The summed E-state index contributed by atoms with van der Waals surface area (Å²) in [5.41, 5.74) is 6.36. The second kappa shape index (κ2) is 9.08. The Morgan fingerprint density at radius 2 is 1.69 bits per heavy atom. The van der Waals surface area contributed by atoms with Gasteiger partial charge in [0.1, 0.15) is 5.82 Å². The molecule has 2 heterocycles. The number of benzene rings is 3. The summed E-state index contributed by atoms with van der Waals surface area (Å²) >= 11 is 8.93. The smallest absolute Gasteiger partial charge is 0.265 e. The van der Waals surface area contributed by atoms with Crippen LogP contribution in [-0.2, 0) is 0 Å². The van der Waals surface area contributed by atoms with Crippen LogP contribution in [0.4, 0.5) is 0 Å². The van der Waals surface area contributed by atoms with E-state index in [0.29, 0.717) is 27.9 Å². The maximum Gasteiger partial charge on any atom is 0.265 e. The maximum absolute atomic E-state index is 13.9. The molecule has 2 aromatic heterocycles. The van der Waals surface area contributed by atoms with Gasteiger partial charge in [0.2, 0.25) is 0 Å². The monoisotopic (exact) mass is 552 g/mol. The van der Waals surface area contributed by atoms with Crippen molar-refractivity contribution in [2.45, 2.75) is 19.3 Å². The van der Waals surface area contributed by atoms with Crippen molar-refractivity contribution in [3.05, 3.63) is 127 Å². The largest absolute Gasteiger partial charge is 0.334 e. The Hall–Kier alpha value is -3.68. The lowest BCUT2D eigenvalue weighted by Crippen LogP contribution is -2.28. The van der Waals surface area contributed by atoms with Gasteiger partial charge in [-0.2, -0.15) is 0 Å². The molecule has 0 saturated carbocycles. The molecule has 3 aromatic carbocycles. The molecule has 1 unspecified atom stereocenters. The fraction of sp³-hybridized carbons (Fsp3) is 0.103. The first-order chi connectivity index (χ1) is 17.5. The third-order valence-electron chi connectivity index (χ3n) is 6.62. The molecule has 0 bridgehead atoms. The summed E-state index contributed by atoms with van der Waals surface area (Å²) in [4.78, 5) is 27.0. The molecular weight excluding hydrogens is 532 g/mol. The summed E-state index contributed by atoms with van der Waals surface area (Å²) in [6.45, 7) is 2.01. The van der Waals surface area contributed by atoms with Crippen molar-refractivity contribution in [3.8, 4) is 5.69 Å². The zero-order valence-electron chi connectivity index (χ0n) is 19.4. The summed E-state index contributed by atoms with van der Waals surface area (Å²) in [5.74, 6) is 0.472. The van der Waals surface area contributed by atoms with Gasteiger partial charge in [-0.25, -0.2) is 9.97 Å². The highest BCUT2D eigenvalue weighted by Crippen LogP contribution is 2.42. The normalized spacial score (nSPS) is 14.9. The molecular formula is C29H21BrN4OS. The summed E-state index contributed by atoms with van der Waals surface area (Å²) < 4.78 is 3.13. The van der Waals surface area contributed by atoms with Gasteiger partial charge in [-0.1, -0.05) is 58.4 Å². The van der Waals surface area contributed by atoms with Gasteiger partial charge in [0.05, 0.1) is 28.2 Å². The zero-order chi connectivity index (χ0) is 24.8. The zero-order valence-corrected chi connectivity index (χ0v) is 21.8. The molecule has 0 fully saturated rings. The van der Waals surface area contributed by atoms with E-state index in [1.54, 1.807) is 4.57 Å². The quantitative estimate of drug-likeness (QED) is 0.245. The van der Waals surface area contributed by atoms with Gasteiger partial charge in [0, 0.05) is 15.7 Å². The fourth-order valence-electron chi connectivity index (χ4n) is 5.01. The van der Waals surface area contributed by atoms with Crippen molar-refractivity contribution < 1.29 is 0 Å². The van der Waals surface area contributed by atoms with Gasteiger partial charge in [0.25, 0.3) is 5.56 Å². The molecule has 0 amide bonds. The van der Waals surface area contributed by atoms with Crippen LogP contribution in [0, 0.1) is 11.7 Å². The number of para-hydroxylation sites is 1. The Bertz CT molecular complexity index is 1770. The Morgan fingerprint density at radius 3 is 2.47 bits per heavy atom. The Morgan fingerprint density at radius 1 is 0.972 bits per heavy atom. The van der Waals surface area contributed by atoms with E-state index in [9.17, 15) is 4.79 Å². The van der Waals surface area contributed by atoms with Gasteiger partial charge in [-0.3, -0.25) is 9.36 Å². The number of allylic oxidation sites excluding steroid dienone is 1. The molecule has 0 spiro atoms. The first kappa shape index (κ1) is 22.8. The van der Waals surface area contributed by atoms with Crippen LogP contribution >= 0.6 is 28.1 Å². The molecule has 36 heavy (non-hydrogen) atoms. The first-order valence-electron chi connectivity index (χ1n) is 11.6. The highest BCUT2D eigenvalue weighted by Gasteiger charge is 2.31. The number of aromatic amines is 1. The van der Waals surface area contributed by atoms with Crippen molar-refractivity contribution in [2.75, 3.05) is 0 Å². The van der Waals surface area contributed by atoms with E-state index in [1.165, 1.54) is 0 Å². The molecule has 0 saturated heterocycles. The number of hydrogen-bond donors (Lipinski definition) is 1. The summed E-state index contributed by atoms with van der Waals surface area (Å²) in [7, 11) is 0. The first-order valence-corrected chi connectivity index (χ1v) is 12.8. The van der Waals surface area contributed by atoms with Gasteiger partial charge in [-0.15, -0.1) is 0 Å². The molecule has 1 N–H and O–H groups in total. The van der Waals surface area contributed by atoms with E-state index >= 15 is 0 Å². The number of nitrogens with one attached hydrogen (secondary N) is 1. The van der Waals surface area contributed by atoms with Gasteiger partial charge < -0.3 is 4.98 Å². The summed E-state index contributed by atoms with van der Waals surface area (Å²) in [5, 5.41) is 0.585. The number of rotatable bonds is 3. The lowest BCUT2D eigenvalue weighted by Gasteiger charge is -2.28. The van der Waals surface area contributed by atoms with Crippen molar-refractivity contribution in [2.24, 2.45) is 0 Å². The number of H-pyrrole nitrogens is 1. The molecule has 7 heteroatoms. The lowest BCUT2D eigenvalue weighted by molar-refractivity contribution is 0.696. The molecule has 1 atom stereocenters. The van der Waals surface area contributed by atoms with Crippen molar-refractivity contribution in [1.82, 2.24) is 19.5 Å². The number of aryl methyl sites for hydroxylation is 1. The van der Waals surface area contributed by atoms with Crippen LogP contribution in [0.15, 0.2) is 88.1 Å². The van der Waals surface area contributed by atoms with E-state index in [4.69, 9.17) is 17.2 Å². The second-order valence-electron chi connectivity index (χ2n) is 8.86. The van der Waals surface area contributed by atoms with Gasteiger partial charge in [-0.05, 0) is 79.2 Å². The third kappa shape index (κ3) is 3.94. The van der Waals surface area contributed by atoms with Gasteiger partial charge >= 0.3 is 0 Å². The van der Waals surface area contributed by atoms with Crippen molar-refractivity contribution in [3.63, 3.8) is 0 Å². The minimum absolute atomic E-state index is 0.0928. The Balaban J connectivity index is 1.67. The van der Waals surface area contributed by atoms with Crippen LogP contribution in [0.2, 0.25) is 0 Å². The molecule has 0 aliphatic heterocycles. The maximum atomic E-state index is 13.9. The number of nitrogens with zero attached hydrogens (tertiary/aromatic N) is 3. The van der Waals surface area contributed by atoms with E-state index < -0.39 is 0 Å². The standard InChI is InChI=1S/C29H21BrN4OS/c1-17-26-23(15-19(18-7-3-2-4-8-18)16-25(26)33-29(36)31-17)27-32-24-10-6-5-9-22(24)28(35)34(27)21-13-11-20(30)12-14-21/h2-14,16,23H,15H2,1H3,(H,31,33,36).